The van der Waals surface area contributed by atoms with Gasteiger partial charge < -0.3 is 5.32 Å². The maximum Gasteiger partial charge on any atom is 0.128 e. The minimum atomic E-state index is 0.766. The Labute approximate surface area is 97.7 Å². The standard InChI is InChI=1S/C13H21N3/c1-2-12-6-9-15-13(16-12)10-11-4-3-7-14-8-5-11/h6,9,11,14H,2-5,7-8,10H2,1H3. The summed E-state index contributed by atoms with van der Waals surface area (Å²) in [5, 5.41) is 3.44. The van der Waals surface area contributed by atoms with Gasteiger partial charge in [-0.1, -0.05) is 6.92 Å². The molecule has 1 aliphatic rings. The Kier molecular flexibility index (Phi) is 4.28. The van der Waals surface area contributed by atoms with Crippen LogP contribution in [0.5, 0.6) is 0 Å². The fourth-order valence-electron chi connectivity index (χ4n) is 2.29. The molecule has 1 aromatic rings. The van der Waals surface area contributed by atoms with Gasteiger partial charge in [0.1, 0.15) is 5.82 Å². The summed E-state index contributed by atoms with van der Waals surface area (Å²) in [4.78, 5) is 8.96. The zero-order valence-electron chi connectivity index (χ0n) is 10.1. The first-order chi connectivity index (χ1) is 7.88. The van der Waals surface area contributed by atoms with Crippen LogP contribution in [0.3, 0.4) is 0 Å². The zero-order valence-corrected chi connectivity index (χ0v) is 10.1. The molecule has 88 valence electrons. The van der Waals surface area contributed by atoms with Crippen LogP contribution in [0.2, 0.25) is 0 Å². The van der Waals surface area contributed by atoms with Crippen LogP contribution in [0.15, 0.2) is 12.3 Å². The number of nitrogens with zero attached hydrogens (tertiary/aromatic N) is 2. The van der Waals surface area contributed by atoms with E-state index in [2.05, 4.69) is 22.2 Å². The molecule has 0 aliphatic carbocycles. The van der Waals surface area contributed by atoms with Crippen LogP contribution < -0.4 is 5.32 Å². The van der Waals surface area contributed by atoms with E-state index in [9.17, 15) is 0 Å². The highest BCUT2D eigenvalue weighted by molar-refractivity contribution is 5.02. The highest BCUT2D eigenvalue weighted by atomic mass is 14.9. The van der Waals surface area contributed by atoms with Crippen LogP contribution >= 0.6 is 0 Å². The number of hydrogen-bond donors (Lipinski definition) is 1. The molecule has 0 spiro atoms. The van der Waals surface area contributed by atoms with Crippen molar-refractivity contribution < 1.29 is 0 Å². The SMILES string of the molecule is CCc1ccnc(CC2CCCNCC2)n1. The van der Waals surface area contributed by atoms with Gasteiger partial charge in [-0.15, -0.1) is 0 Å². The summed E-state index contributed by atoms with van der Waals surface area (Å²) in [6.07, 6.45) is 7.82. The maximum atomic E-state index is 4.58. The lowest BCUT2D eigenvalue weighted by molar-refractivity contribution is 0.458. The van der Waals surface area contributed by atoms with Gasteiger partial charge in [0.2, 0.25) is 0 Å². The largest absolute Gasteiger partial charge is 0.317 e. The van der Waals surface area contributed by atoms with Gasteiger partial charge in [0, 0.05) is 18.3 Å². The summed E-state index contributed by atoms with van der Waals surface area (Å²) in [5.41, 5.74) is 1.16. The van der Waals surface area contributed by atoms with Gasteiger partial charge in [-0.05, 0) is 50.8 Å². The third-order valence-corrected chi connectivity index (χ3v) is 3.29. The van der Waals surface area contributed by atoms with Crippen LogP contribution in [0.4, 0.5) is 0 Å². The van der Waals surface area contributed by atoms with Crippen molar-refractivity contribution in [2.24, 2.45) is 5.92 Å². The van der Waals surface area contributed by atoms with Gasteiger partial charge in [-0.3, -0.25) is 0 Å². The second-order valence-electron chi connectivity index (χ2n) is 4.57. The summed E-state index contributed by atoms with van der Waals surface area (Å²) in [6.45, 7) is 4.46. The summed E-state index contributed by atoms with van der Waals surface area (Å²) in [6, 6.07) is 2.01. The van der Waals surface area contributed by atoms with E-state index < -0.39 is 0 Å². The second-order valence-corrected chi connectivity index (χ2v) is 4.57. The van der Waals surface area contributed by atoms with Crippen LogP contribution in [-0.4, -0.2) is 23.1 Å². The number of rotatable bonds is 3. The average Bonchev–Trinajstić information content (AvgIpc) is 2.58. The minimum absolute atomic E-state index is 0.766. The third-order valence-electron chi connectivity index (χ3n) is 3.29. The first-order valence-corrected chi connectivity index (χ1v) is 6.40. The van der Waals surface area contributed by atoms with Crippen molar-refractivity contribution in [2.45, 2.75) is 39.0 Å². The molecule has 1 aromatic heterocycles. The average molecular weight is 219 g/mol. The topological polar surface area (TPSA) is 37.8 Å². The Hall–Kier alpha value is -0.960. The number of aryl methyl sites for hydroxylation is 1. The Morgan fingerprint density at radius 2 is 2.31 bits per heavy atom. The summed E-state index contributed by atoms with van der Waals surface area (Å²) in [7, 11) is 0. The lowest BCUT2D eigenvalue weighted by Gasteiger charge is -2.12. The van der Waals surface area contributed by atoms with Gasteiger partial charge in [0.15, 0.2) is 0 Å². The van der Waals surface area contributed by atoms with E-state index in [-0.39, 0.29) is 0 Å². The van der Waals surface area contributed by atoms with Gasteiger partial charge in [-0.25, -0.2) is 9.97 Å². The summed E-state index contributed by atoms with van der Waals surface area (Å²) >= 11 is 0. The second kappa shape index (κ2) is 5.94. The quantitative estimate of drug-likeness (QED) is 0.844. The highest BCUT2D eigenvalue weighted by Gasteiger charge is 2.13. The Morgan fingerprint density at radius 1 is 1.38 bits per heavy atom. The Bertz CT molecular complexity index is 317. The van der Waals surface area contributed by atoms with Crippen molar-refractivity contribution in [1.29, 1.82) is 0 Å². The number of aromatic nitrogens is 2. The minimum Gasteiger partial charge on any atom is -0.317 e. The zero-order chi connectivity index (χ0) is 11.2. The molecule has 1 unspecified atom stereocenters. The van der Waals surface area contributed by atoms with E-state index in [1.807, 2.05) is 12.3 Å². The molecule has 3 nitrogen and oxygen atoms in total. The van der Waals surface area contributed by atoms with E-state index in [0.717, 1.165) is 36.8 Å². The number of nitrogens with one attached hydrogen (secondary N) is 1. The first-order valence-electron chi connectivity index (χ1n) is 6.40. The van der Waals surface area contributed by atoms with E-state index in [0.29, 0.717) is 0 Å². The molecule has 1 N–H and O–H groups in total. The van der Waals surface area contributed by atoms with Crippen LogP contribution in [-0.2, 0) is 12.8 Å². The molecule has 3 heteroatoms. The summed E-state index contributed by atoms with van der Waals surface area (Å²) < 4.78 is 0. The molecule has 0 radical (unpaired) electrons. The van der Waals surface area contributed by atoms with Crippen molar-refractivity contribution in [3.63, 3.8) is 0 Å². The van der Waals surface area contributed by atoms with Gasteiger partial charge >= 0.3 is 0 Å². The molecular weight excluding hydrogens is 198 g/mol. The number of hydrogen-bond acceptors (Lipinski definition) is 3. The van der Waals surface area contributed by atoms with Crippen LogP contribution in [0, 0.1) is 5.92 Å². The smallest absolute Gasteiger partial charge is 0.128 e. The molecule has 0 bridgehead atoms. The van der Waals surface area contributed by atoms with Crippen LogP contribution in [0.1, 0.15) is 37.7 Å². The Balaban J connectivity index is 1.96. The molecule has 2 rings (SSSR count). The molecule has 0 amide bonds. The first kappa shape index (κ1) is 11.5. The molecule has 2 heterocycles. The summed E-state index contributed by atoms with van der Waals surface area (Å²) in [5.74, 6) is 1.80. The molecule has 1 fully saturated rings. The van der Waals surface area contributed by atoms with Crippen LogP contribution in [0.25, 0.3) is 0 Å². The van der Waals surface area contributed by atoms with Crippen molar-refractivity contribution in [3.8, 4) is 0 Å². The molecule has 0 aromatic carbocycles. The maximum absolute atomic E-state index is 4.58. The van der Waals surface area contributed by atoms with Gasteiger partial charge in [0.25, 0.3) is 0 Å². The highest BCUT2D eigenvalue weighted by Crippen LogP contribution is 2.17. The molecular formula is C13H21N3. The molecule has 1 aliphatic heterocycles. The van der Waals surface area contributed by atoms with Crippen molar-refractivity contribution in [3.05, 3.63) is 23.8 Å². The third kappa shape index (κ3) is 3.27. The lowest BCUT2D eigenvalue weighted by atomic mass is 9.96. The molecule has 1 atom stereocenters. The van der Waals surface area contributed by atoms with E-state index >= 15 is 0 Å². The van der Waals surface area contributed by atoms with E-state index in [4.69, 9.17) is 0 Å². The van der Waals surface area contributed by atoms with E-state index in [1.54, 1.807) is 0 Å². The monoisotopic (exact) mass is 219 g/mol. The lowest BCUT2D eigenvalue weighted by Crippen LogP contribution is -2.15. The van der Waals surface area contributed by atoms with E-state index in [1.165, 1.54) is 25.8 Å². The van der Waals surface area contributed by atoms with Gasteiger partial charge in [-0.2, -0.15) is 0 Å². The normalized spacial score (nSPS) is 21.7. The molecule has 16 heavy (non-hydrogen) atoms. The predicted molar refractivity (Wildman–Crippen MR) is 65.3 cm³/mol. The van der Waals surface area contributed by atoms with Crippen molar-refractivity contribution in [2.75, 3.05) is 13.1 Å². The Morgan fingerprint density at radius 3 is 3.19 bits per heavy atom. The van der Waals surface area contributed by atoms with Crippen molar-refractivity contribution >= 4 is 0 Å². The molecule has 0 saturated carbocycles. The molecule has 1 saturated heterocycles. The fourth-order valence-corrected chi connectivity index (χ4v) is 2.29. The predicted octanol–water partition coefficient (Wildman–Crippen LogP) is 1.97. The van der Waals surface area contributed by atoms with Gasteiger partial charge in [0.05, 0.1) is 0 Å². The van der Waals surface area contributed by atoms with Crippen molar-refractivity contribution in [1.82, 2.24) is 15.3 Å². The fraction of sp³-hybridized carbons (Fsp3) is 0.692.